The molecule has 1 amide bonds. The van der Waals surface area contributed by atoms with Crippen LogP contribution in [0.3, 0.4) is 0 Å². The van der Waals surface area contributed by atoms with Crippen LogP contribution in [-0.4, -0.2) is 42.9 Å². The van der Waals surface area contributed by atoms with Crippen molar-refractivity contribution in [2.75, 3.05) is 26.0 Å². The molecule has 0 bridgehead atoms. The van der Waals surface area contributed by atoms with Gasteiger partial charge in [0.15, 0.2) is 0 Å². The molecule has 110 valence electrons. The molecule has 0 N–H and O–H groups in total. The van der Waals surface area contributed by atoms with Crippen molar-refractivity contribution in [3.8, 4) is 0 Å². The lowest BCUT2D eigenvalue weighted by molar-refractivity contribution is -0.132. The van der Waals surface area contributed by atoms with Crippen molar-refractivity contribution in [1.82, 2.24) is 4.90 Å². The minimum Gasteiger partial charge on any atom is -0.385 e. The quantitative estimate of drug-likeness (QED) is 0.754. The van der Waals surface area contributed by atoms with E-state index in [1.807, 2.05) is 18.2 Å². The third-order valence-corrected chi connectivity index (χ3v) is 4.70. The van der Waals surface area contributed by atoms with Crippen molar-refractivity contribution in [3.63, 3.8) is 0 Å². The van der Waals surface area contributed by atoms with Crippen molar-refractivity contribution in [1.29, 1.82) is 0 Å². The number of likely N-dealkylation sites (tertiary alicyclic amines) is 1. The summed E-state index contributed by atoms with van der Waals surface area (Å²) in [6, 6.07) is 10.5. The van der Waals surface area contributed by atoms with E-state index in [-0.39, 0.29) is 5.91 Å². The molecule has 20 heavy (non-hydrogen) atoms. The standard InChI is InChI=1S/C16H23NO2S/c1-19-12-10-14-7-5-6-11-17(14)16(18)13-20-15-8-3-2-4-9-15/h2-4,8-9,14H,5-7,10-13H2,1H3/t14-/m1/s1. The van der Waals surface area contributed by atoms with Gasteiger partial charge in [-0.25, -0.2) is 0 Å². The number of hydrogen-bond donors (Lipinski definition) is 0. The third-order valence-electron chi connectivity index (χ3n) is 3.71. The van der Waals surface area contributed by atoms with Gasteiger partial charge in [0.25, 0.3) is 0 Å². The Morgan fingerprint density at radius 2 is 2.15 bits per heavy atom. The van der Waals surface area contributed by atoms with Crippen molar-refractivity contribution in [2.45, 2.75) is 36.6 Å². The first kappa shape index (κ1) is 15.4. The molecule has 2 rings (SSSR count). The van der Waals surface area contributed by atoms with Gasteiger partial charge in [0.1, 0.15) is 0 Å². The number of rotatable bonds is 6. The van der Waals surface area contributed by atoms with E-state index in [2.05, 4.69) is 17.0 Å². The summed E-state index contributed by atoms with van der Waals surface area (Å²) >= 11 is 1.63. The molecule has 0 unspecified atom stereocenters. The zero-order valence-corrected chi connectivity index (χ0v) is 12.9. The minimum atomic E-state index is 0.264. The molecule has 0 aliphatic carbocycles. The van der Waals surface area contributed by atoms with Crippen LogP contribution in [0.5, 0.6) is 0 Å². The number of thioether (sulfide) groups is 1. The second-order valence-corrected chi connectivity index (χ2v) is 6.17. The van der Waals surface area contributed by atoms with E-state index in [9.17, 15) is 4.79 Å². The van der Waals surface area contributed by atoms with Crippen molar-refractivity contribution in [3.05, 3.63) is 30.3 Å². The van der Waals surface area contributed by atoms with E-state index in [1.54, 1.807) is 18.9 Å². The first-order chi connectivity index (χ1) is 9.81. The summed E-state index contributed by atoms with van der Waals surface area (Å²) in [5, 5.41) is 0. The van der Waals surface area contributed by atoms with Gasteiger partial charge in [0.2, 0.25) is 5.91 Å². The predicted octanol–water partition coefficient (Wildman–Crippen LogP) is 3.20. The average molecular weight is 293 g/mol. The first-order valence-electron chi connectivity index (χ1n) is 7.27. The van der Waals surface area contributed by atoms with Gasteiger partial charge >= 0.3 is 0 Å². The van der Waals surface area contributed by atoms with Crippen LogP contribution in [0.15, 0.2) is 35.2 Å². The lowest BCUT2D eigenvalue weighted by Crippen LogP contribution is -2.45. The topological polar surface area (TPSA) is 29.5 Å². The Morgan fingerprint density at radius 1 is 1.35 bits per heavy atom. The van der Waals surface area contributed by atoms with Crippen LogP contribution in [0.2, 0.25) is 0 Å². The smallest absolute Gasteiger partial charge is 0.233 e. The Labute approximate surface area is 125 Å². The molecule has 1 atom stereocenters. The Kier molecular flexibility index (Phi) is 6.40. The van der Waals surface area contributed by atoms with Gasteiger partial charge in [-0.3, -0.25) is 4.79 Å². The SMILES string of the molecule is COCC[C@H]1CCCCN1C(=O)CSc1ccccc1. The summed E-state index contributed by atoms with van der Waals surface area (Å²) in [5.41, 5.74) is 0. The Morgan fingerprint density at radius 3 is 2.90 bits per heavy atom. The summed E-state index contributed by atoms with van der Waals surface area (Å²) in [5.74, 6) is 0.799. The van der Waals surface area contributed by atoms with E-state index in [0.29, 0.717) is 11.8 Å². The highest BCUT2D eigenvalue weighted by Crippen LogP contribution is 2.23. The summed E-state index contributed by atoms with van der Waals surface area (Å²) in [6.45, 7) is 1.64. The maximum atomic E-state index is 12.4. The summed E-state index contributed by atoms with van der Waals surface area (Å²) in [6.07, 6.45) is 4.43. The third kappa shape index (κ3) is 4.53. The summed E-state index contributed by atoms with van der Waals surface area (Å²) < 4.78 is 5.16. The Hall–Kier alpha value is -1.00. The maximum absolute atomic E-state index is 12.4. The van der Waals surface area contributed by atoms with Crippen LogP contribution >= 0.6 is 11.8 Å². The Balaban J connectivity index is 1.85. The number of carbonyl (C=O) groups excluding carboxylic acids is 1. The fourth-order valence-corrected chi connectivity index (χ4v) is 3.43. The molecule has 1 heterocycles. The van der Waals surface area contributed by atoms with Crippen LogP contribution in [0.1, 0.15) is 25.7 Å². The summed E-state index contributed by atoms with van der Waals surface area (Å²) in [7, 11) is 1.72. The molecule has 1 aliphatic heterocycles. The van der Waals surface area contributed by atoms with Gasteiger partial charge in [-0.05, 0) is 37.8 Å². The highest BCUT2D eigenvalue weighted by molar-refractivity contribution is 8.00. The van der Waals surface area contributed by atoms with Crippen molar-refractivity contribution >= 4 is 17.7 Å². The molecule has 1 aromatic carbocycles. The normalized spacial score (nSPS) is 19.1. The van der Waals surface area contributed by atoms with E-state index in [1.165, 1.54) is 6.42 Å². The number of ether oxygens (including phenoxy) is 1. The van der Waals surface area contributed by atoms with Crippen molar-refractivity contribution < 1.29 is 9.53 Å². The van der Waals surface area contributed by atoms with Crippen LogP contribution in [0.25, 0.3) is 0 Å². The molecule has 0 aromatic heterocycles. The lowest BCUT2D eigenvalue weighted by Gasteiger charge is -2.35. The predicted molar refractivity (Wildman–Crippen MR) is 83.0 cm³/mol. The zero-order chi connectivity index (χ0) is 14.2. The van der Waals surface area contributed by atoms with Crippen LogP contribution in [0.4, 0.5) is 0 Å². The van der Waals surface area contributed by atoms with E-state index in [0.717, 1.165) is 37.3 Å². The largest absolute Gasteiger partial charge is 0.385 e. The monoisotopic (exact) mass is 293 g/mol. The molecule has 0 spiro atoms. The van der Waals surface area contributed by atoms with E-state index in [4.69, 9.17) is 4.74 Å². The fourth-order valence-electron chi connectivity index (χ4n) is 2.63. The molecule has 1 fully saturated rings. The van der Waals surface area contributed by atoms with Crippen LogP contribution < -0.4 is 0 Å². The number of amides is 1. The molecule has 3 nitrogen and oxygen atoms in total. The molecule has 1 saturated heterocycles. The van der Waals surface area contributed by atoms with Gasteiger partial charge < -0.3 is 9.64 Å². The summed E-state index contributed by atoms with van der Waals surface area (Å²) in [4.78, 5) is 15.6. The van der Waals surface area contributed by atoms with Crippen LogP contribution in [-0.2, 0) is 9.53 Å². The van der Waals surface area contributed by atoms with E-state index < -0.39 is 0 Å². The molecule has 1 aromatic rings. The second-order valence-electron chi connectivity index (χ2n) is 5.12. The zero-order valence-electron chi connectivity index (χ0n) is 12.1. The number of hydrogen-bond acceptors (Lipinski definition) is 3. The highest BCUT2D eigenvalue weighted by atomic mass is 32.2. The average Bonchev–Trinajstić information content (AvgIpc) is 2.52. The van der Waals surface area contributed by atoms with Gasteiger partial charge in [-0.1, -0.05) is 18.2 Å². The maximum Gasteiger partial charge on any atom is 0.233 e. The molecule has 0 radical (unpaired) electrons. The van der Waals surface area contributed by atoms with Gasteiger partial charge in [-0.15, -0.1) is 11.8 Å². The van der Waals surface area contributed by atoms with Crippen molar-refractivity contribution in [2.24, 2.45) is 0 Å². The number of nitrogens with zero attached hydrogens (tertiary/aromatic N) is 1. The molecule has 1 aliphatic rings. The molecule has 4 heteroatoms. The minimum absolute atomic E-state index is 0.264. The lowest BCUT2D eigenvalue weighted by atomic mass is 10.00. The Bertz CT molecular complexity index is 410. The van der Waals surface area contributed by atoms with Gasteiger partial charge in [-0.2, -0.15) is 0 Å². The van der Waals surface area contributed by atoms with Gasteiger partial charge in [0.05, 0.1) is 5.75 Å². The fraction of sp³-hybridized carbons (Fsp3) is 0.562. The number of carbonyl (C=O) groups is 1. The first-order valence-corrected chi connectivity index (χ1v) is 8.26. The van der Waals surface area contributed by atoms with E-state index >= 15 is 0 Å². The highest BCUT2D eigenvalue weighted by Gasteiger charge is 2.26. The molecular weight excluding hydrogens is 270 g/mol. The van der Waals surface area contributed by atoms with Gasteiger partial charge in [0, 0.05) is 31.2 Å². The molecule has 0 saturated carbocycles. The van der Waals surface area contributed by atoms with Crippen LogP contribution in [0, 0.1) is 0 Å². The number of piperidine rings is 1. The number of benzene rings is 1. The second kappa shape index (κ2) is 8.32. The number of methoxy groups -OCH3 is 1. The molecular formula is C16H23NO2S.